The van der Waals surface area contributed by atoms with E-state index >= 15 is 0 Å². The molecule has 1 saturated heterocycles. The summed E-state index contributed by atoms with van der Waals surface area (Å²) < 4.78 is 1.76. The van der Waals surface area contributed by atoms with Crippen molar-refractivity contribution in [3.63, 3.8) is 0 Å². The maximum atomic E-state index is 12.8. The number of thiophene rings is 1. The van der Waals surface area contributed by atoms with Gasteiger partial charge in [0.2, 0.25) is 5.91 Å². The van der Waals surface area contributed by atoms with Crippen LogP contribution in [0, 0.1) is 0 Å². The van der Waals surface area contributed by atoms with E-state index < -0.39 is 6.04 Å². The maximum absolute atomic E-state index is 12.8. The molecule has 7 heteroatoms. The molecule has 2 amide bonds. The first kappa shape index (κ1) is 17.5. The number of amides is 2. The lowest BCUT2D eigenvalue weighted by Crippen LogP contribution is -2.49. The van der Waals surface area contributed by atoms with Crippen LogP contribution in [0.5, 0.6) is 0 Å². The summed E-state index contributed by atoms with van der Waals surface area (Å²) in [7, 11) is 0. The molecule has 27 heavy (non-hydrogen) atoms. The zero-order valence-corrected chi connectivity index (χ0v) is 15.6. The van der Waals surface area contributed by atoms with Crippen LogP contribution in [0.25, 0.3) is 5.69 Å². The molecule has 4 rings (SSSR count). The SMILES string of the molecule is O=C(Nc1ccc(-n2cccn2)cc1)C1CCCCN1C(=O)c1cccs1. The molecule has 0 aliphatic carbocycles. The Morgan fingerprint density at radius 1 is 1.11 bits per heavy atom. The predicted octanol–water partition coefficient (Wildman–Crippen LogP) is 3.57. The van der Waals surface area contributed by atoms with Crippen LogP contribution in [0.15, 0.2) is 60.2 Å². The summed E-state index contributed by atoms with van der Waals surface area (Å²) in [4.78, 5) is 28.0. The van der Waals surface area contributed by atoms with Crippen molar-refractivity contribution >= 4 is 28.8 Å². The summed E-state index contributed by atoms with van der Waals surface area (Å²) in [6.45, 7) is 0.618. The zero-order valence-electron chi connectivity index (χ0n) is 14.7. The minimum absolute atomic E-state index is 0.0566. The lowest BCUT2D eigenvalue weighted by Gasteiger charge is -2.34. The van der Waals surface area contributed by atoms with E-state index in [-0.39, 0.29) is 11.8 Å². The molecule has 3 heterocycles. The van der Waals surface area contributed by atoms with E-state index in [1.807, 2.05) is 54.0 Å². The lowest BCUT2D eigenvalue weighted by molar-refractivity contribution is -0.121. The van der Waals surface area contributed by atoms with Gasteiger partial charge in [0.05, 0.1) is 10.6 Å². The third kappa shape index (κ3) is 3.78. The number of hydrogen-bond acceptors (Lipinski definition) is 4. The van der Waals surface area contributed by atoms with Gasteiger partial charge in [0.15, 0.2) is 0 Å². The van der Waals surface area contributed by atoms with Gasteiger partial charge in [0, 0.05) is 24.6 Å². The van der Waals surface area contributed by atoms with Gasteiger partial charge in [-0.1, -0.05) is 6.07 Å². The van der Waals surface area contributed by atoms with Gasteiger partial charge in [-0.05, 0) is 61.0 Å². The van der Waals surface area contributed by atoms with Gasteiger partial charge in [-0.2, -0.15) is 5.10 Å². The number of hydrogen-bond donors (Lipinski definition) is 1. The van der Waals surface area contributed by atoms with Crippen molar-refractivity contribution in [2.24, 2.45) is 0 Å². The number of nitrogens with zero attached hydrogens (tertiary/aromatic N) is 3. The minimum Gasteiger partial charge on any atom is -0.326 e. The van der Waals surface area contributed by atoms with Gasteiger partial charge in [0.1, 0.15) is 6.04 Å². The minimum atomic E-state index is -0.431. The molecule has 6 nitrogen and oxygen atoms in total. The van der Waals surface area contributed by atoms with Crippen molar-refractivity contribution in [3.05, 3.63) is 65.1 Å². The van der Waals surface area contributed by atoms with E-state index in [1.54, 1.807) is 15.8 Å². The van der Waals surface area contributed by atoms with Gasteiger partial charge in [0.25, 0.3) is 5.91 Å². The van der Waals surface area contributed by atoms with E-state index in [2.05, 4.69) is 10.4 Å². The molecule has 1 aliphatic rings. The normalized spacial score (nSPS) is 16.9. The predicted molar refractivity (Wildman–Crippen MR) is 105 cm³/mol. The van der Waals surface area contributed by atoms with E-state index in [0.29, 0.717) is 23.5 Å². The van der Waals surface area contributed by atoms with Crippen molar-refractivity contribution in [3.8, 4) is 5.69 Å². The second-order valence-corrected chi connectivity index (χ2v) is 7.42. The summed E-state index contributed by atoms with van der Waals surface area (Å²) in [6.07, 6.45) is 6.15. The zero-order chi connectivity index (χ0) is 18.6. The highest BCUT2D eigenvalue weighted by Gasteiger charge is 2.33. The number of piperidine rings is 1. The van der Waals surface area contributed by atoms with Crippen LogP contribution in [0.1, 0.15) is 28.9 Å². The molecule has 1 unspecified atom stereocenters. The van der Waals surface area contributed by atoms with E-state index in [1.165, 1.54) is 11.3 Å². The number of nitrogens with one attached hydrogen (secondary N) is 1. The summed E-state index contributed by atoms with van der Waals surface area (Å²) in [6, 6.07) is 12.6. The molecule has 2 aromatic heterocycles. The molecule has 0 radical (unpaired) electrons. The highest BCUT2D eigenvalue weighted by atomic mass is 32.1. The highest BCUT2D eigenvalue weighted by molar-refractivity contribution is 7.12. The van der Waals surface area contributed by atoms with Gasteiger partial charge in [-0.15, -0.1) is 11.3 Å². The Labute approximate surface area is 161 Å². The molecular weight excluding hydrogens is 360 g/mol. The van der Waals surface area contributed by atoms with E-state index in [4.69, 9.17) is 0 Å². The topological polar surface area (TPSA) is 67.2 Å². The van der Waals surface area contributed by atoms with E-state index in [0.717, 1.165) is 18.5 Å². The molecule has 1 N–H and O–H groups in total. The molecule has 138 valence electrons. The molecule has 3 aromatic rings. The number of carbonyl (C=O) groups is 2. The average Bonchev–Trinajstić information content (AvgIpc) is 3.42. The molecule has 1 aliphatic heterocycles. The highest BCUT2D eigenvalue weighted by Crippen LogP contribution is 2.23. The number of rotatable bonds is 4. The number of anilines is 1. The quantitative estimate of drug-likeness (QED) is 0.752. The van der Waals surface area contributed by atoms with E-state index in [9.17, 15) is 9.59 Å². The summed E-state index contributed by atoms with van der Waals surface area (Å²) in [5, 5.41) is 9.03. The Bertz CT molecular complexity index is 904. The Balaban J connectivity index is 1.46. The van der Waals surface area contributed by atoms with Crippen molar-refractivity contribution in [2.75, 3.05) is 11.9 Å². The van der Waals surface area contributed by atoms with Gasteiger partial charge in [-0.25, -0.2) is 4.68 Å². The lowest BCUT2D eigenvalue weighted by atomic mass is 10.0. The fraction of sp³-hybridized carbons (Fsp3) is 0.250. The van der Waals surface area contributed by atoms with Crippen LogP contribution < -0.4 is 5.32 Å². The molecule has 0 saturated carbocycles. The standard InChI is InChI=1S/C20H20N4O2S/c25-19(22-15-7-9-16(10-8-15)24-13-4-11-21-24)17-5-1-2-12-23(17)20(26)18-6-3-14-27-18/h3-4,6-11,13-14,17H,1-2,5,12H2,(H,22,25). The first-order valence-electron chi connectivity index (χ1n) is 8.98. The van der Waals surface area contributed by atoms with Gasteiger partial charge in [-0.3, -0.25) is 9.59 Å². The summed E-state index contributed by atoms with van der Waals surface area (Å²) >= 11 is 1.41. The maximum Gasteiger partial charge on any atom is 0.264 e. The molecular formula is C20H20N4O2S. The Morgan fingerprint density at radius 3 is 2.67 bits per heavy atom. The number of carbonyl (C=O) groups excluding carboxylic acids is 2. The molecule has 1 fully saturated rings. The van der Waals surface area contributed by atoms with Crippen LogP contribution in [-0.2, 0) is 4.79 Å². The molecule has 1 atom stereocenters. The van der Waals surface area contributed by atoms with Crippen LogP contribution >= 0.6 is 11.3 Å². The van der Waals surface area contributed by atoms with Crippen molar-refractivity contribution in [2.45, 2.75) is 25.3 Å². The van der Waals surface area contributed by atoms with Crippen LogP contribution in [0.4, 0.5) is 5.69 Å². The average molecular weight is 380 g/mol. The number of benzene rings is 1. The third-order valence-electron chi connectivity index (χ3n) is 4.70. The largest absolute Gasteiger partial charge is 0.326 e. The fourth-order valence-corrected chi connectivity index (χ4v) is 4.01. The Morgan fingerprint density at radius 2 is 1.96 bits per heavy atom. The first-order chi connectivity index (χ1) is 13.2. The molecule has 0 spiro atoms. The van der Waals surface area contributed by atoms with Gasteiger partial charge >= 0.3 is 0 Å². The molecule has 1 aromatic carbocycles. The smallest absolute Gasteiger partial charge is 0.264 e. The summed E-state index contributed by atoms with van der Waals surface area (Å²) in [5.74, 6) is -0.190. The van der Waals surface area contributed by atoms with Crippen LogP contribution in [0.3, 0.4) is 0 Å². The van der Waals surface area contributed by atoms with Crippen molar-refractivity contribution < 1.29 is 9.59 Å². The number of likely N-dealkylation sites (tertiary alicyclic amines) is 1. The van der Waals surface area contributed by atoms with Crippen LogP contribution in [0.2, 0.25) is 0 Å². The van der Waals surface area contributed by atoms with Crippen molar-refractivity contribution in [1.82, 2.24) is 14.7 Å². The second-order valence-electron chi connectivity index (χ2n) is 6.47. The Hall–Kier alpha value is -2.93. The second kappa shape index (κ2) is 7.75. The number of aromatic nitrogens is 2. The first-order valence-corrected chi connectivity index (χ1v) is 9.86. The van der Waals surface area contributed by atoms with Crippen LogP contribution in [-0.4, -0.2) is 39.1 Å². The Kier molecular flexibility index (Phi) is 5.02. The fourth-order valence-electron chi connectivity index (χ4n) is 3.33. The molecule has 0 bridgehead atoms. The van der Waals surface area contributed by atoms with Crippen molar-refractivity contribution in [1.29, 1.82) is 0 Å². The monoisotopic (exact) mass is 380 g/mol. The summed E-state index contributed by atoms with van der Waals surface area (Å²) in [5.41, 5.74) is 1.63. The van der Waals surface area contributed by atoms with Gasteiger partial charge < -0.3 is 10.2 Å². The third-order valence-corrected chi connectivity index (χ3v) is 5.56.